The van der Waals surface area contributed by atoms with Crippen LogP contribution in [0.15, 0.2) is 76.8 Å². The third kappa shape index (κ3) is 5.38. The van der Waals surface area contributed by atoms with Crippen LogP contribution < -0.4 is 19.7 Å². The molecule has 0 bridgehead atoms. The van der Waals surface area contributed by atoms with Crippen molar-refractivity contribution in [3.63, 3.8) is 0 Å². The van der Waals surface area contributed by atoms with Crippen LogP contribution in [-0.2, 0) is 9.59 Å². The van der Waals surface area contributed by atoms with Crippen LogP contribution >= 0.6 is 15.9 Å². The molecule has 4 amide bonds. The molecule has 1 saturated heterocycles. The Morgan fingerprint density at radius 3 is 2.32 bits per heavy atom. The number of urea groups is 1. The third-order valence-electron chi connectivity index (χ3n) is 5.22. The van der Waals surface area contributed by atoms with Crippen molar-refractivity contribution in [3.05, 3.63) is 98.0 Å². The average Bonchev–Trinajstić information content (AvgIpc) is 2.88. The van der Waals surface area contributed by atoms with Gasteiger partial charge in [-0.3, -0.25) is 25.0 Å². The molecule has 4 rings (SSSR count). The molecule has 0 spiro atoms. The lowest BCUT2D eigenvalue weighted by molar-refractivity contribution is -0.384. The Morgan fingerprint density at radius 2 is 1.70 bits per heavy atom. The minimum atomic E-state index is -0.924. The van der Waals surface area contributed by atoms with E-state index in [-0.39, 0.29) is 33.8 Å². The van der Waals surface area contributed by atoms with Gasteiger partial charge in [0.15, 0.2) is 0 Å². The molecule has 1 aliphatic heterocycles. The number of nitro groups is 1. The first-order chi connectivity index (χ1) is 17.7. The molecule has 0 saturated carbocycles. The van der Waals surface area contributed by atoms with Gasteiger partial charge in [-0.05, 0) is 60.7 Å². The van der Waals surface area contributed by atoms with Crippen LogP contribution in [-0.4, -0.2) is 35.8 Å². The maximum Gasteiger partial charge on any atom is 0.343 e. The number of carbonyl (C=O) groups excluding carboxylic acids is 4. The third-order valence-corrected chi connectivity index (χ3v) is 5.71. The number of rotatable bonds is 6. The maximum atomic E-state index is 13.2. The van der Waals surface area contributed by atoms with E-state index in [4.69, 9.17) is 9.47 Å². The summed E-state index contributed by atoms with van der Waals surface area (Å²) in [5, 5.41) is 13.0. The second-order valence-electron chi connectivity index (χ2n) is 7.53. The Kier molecular flexibility index (Phi) is 7.11. The summed E-state index contributed by atoms with van der Waals surface area (Å²) in [6.07, 6.45) is 1.20. The van der Waals surface area contributed by atoms with Crippen molar-refractivity contribution in [1.29, 1.82) is 0 Å². The van der Waals surface area contributed by atoms with Crippen molar-refractivity contribution in [1.82, 2.24) is 5.32 Å². The lowest BCUT2D eigenvalue weighted by Gasteiger charge is -2.26. The van der Waals surface area contributed by atoms with Gasteiger partial charge in [0.25, 0.3) is 17.5 Å². The molecular formula is C25H16BrN3O8. The Morgan fingerprint density at radius 1 is 1.03 bits per heavy atom. The quantitative estimate of drug-likeness (QED) is 0.116. The number of benzene rings is 3. The van der Waals surface area contributed by atoms with E-state index in [1.54, 1.807) is 18.2 Å². The summed E-state index contributed by atoms with van der Waals surface area (Å²) in [6, 6.07) is 14.5. The highest BCUT2D eigenvalue weighted by molar-refractivity contribution is 9.10. The highest BCUT2D eigenvalue weighted by Crippen LogP contribution is 2.29. The number of amides is 4. The van der Waals surface area contributed by atoms with Gasteiger partial charge in [-0.25, -0.2) is 14.5 Å². The zero-order valence-corrected chi connectivity index (χ0v) is 20.6. The monoisotopic (exact) mass is 565 g/mol. The minimum absolute atomic E-state index is 0.00699. The van der Waals surface area contributed by atoms with Gasteiger partial charge in [-0.2, -0.15) is 0 Å². The van der Waals surface area contributed by atoms with E-state index >= 15 is 0 Å². The molecule has 1 aliphatic rings. The highest BCUT2D eigenvalue weighted by Gasteiger charge is 2.37. The molecule has 0 aromatic heterocycles. The predicted molar refractivity (Wildman–Crippen MR) is 134 cm³/mol. The Balaban J connectivity index is 1.66. The van der Waals surface area contributed by atoms with Gasteiger partial charge in [0, 0.05) is 22.2 Å². The number of anilines is 1. The normalized spacial score (nSPS) is 14.4. The van der Waals surface area contributed by atoms with Crippen molar-refractivity contribution in [2.75, 3.05) is 12.0 Å². The van der Waals surface area contributed by atoms with E-state index in [9.17, 15) is 29.3 Å². The van der Waals surface area contributed by atoms with Crippen LogP contribution in [0.2, 0.25) is 0 Å². The molecule has 1 heterocycles. The van der Waals surface area contributed by atoms with Crippen LogP contribution in [0, 0.1) is 10.1 Å². The largest absolute Gasteiger partial charge is 0.497 e. The Labute approximate surface area is 217 Å². The molecular weight excluding hydrogens is 550 g/mol. The fraction of sp³-hybridized carbons (Fsp3) is 0.0400. The van der Waals surface area contributed by atoms with Crippen molar-refractivity contribution in [3.8, 4) is 11.5 Å². The molecule has 12 heteroatoms. The number of halogens is 1. The van der Waals surface area contributed by atoms with Gasteiger partial charge in [0.05, 0.1) is 23.3 Å². The first kappa shape index (κ1) is 25.3. The standard InChI is InChI=1S/C25H16BrN3O8/c1-36-19-9-7-17(8-10-19)28-23(31)20(22(30)27-25(28)33)13-15-12-16(26)4-11-21(15)37-24(32)14-2-5-18(6-3-14)29(34)35/h2-13H,1H3,(H,27,30,33)/b20-13-. The number of carbonyl (C=O) groups is 4. The molecule has 11 nitrogen and oxygen atoms in total. The topological polar surface area (TPSA) is 145 Å². The van der Waals surface area contributed by atoms with Gasteiger partial charge >= 0.3 is 12.0 Å². The first-order valence-corrected chi connectivity index (χ1v) is 11.3. The van der Waals surface area contributed by atoms with Gasteiger partial charge in [0.2, 0.25) is 0 Å². The number of hydrogen-bond acceptors (Lipinski definition) is 8. The Hall–Kier alpha value is -4.84. The molecule has 0 atom stereocenters. The SMILES string of the molecule is COc1ccc(N2C(=O)NC(=O)/C(=C/c3cc(Br)ccc3OC(=O)c3ccc([N+](=O)[O-])cc3)C2=O)cc1. The second kappa shape index (κ2) is 10.4. The van der Waals surface area contributed by atoms with Crippen LogP contribution in [0.25, 0.3) is 6.08 Å². The summed E-state index contributed by atoms with van der Waals surface area (Å²) in [5.41, 5.74) is -0.118. The summed E-state index contributed by atoms with van der Waals surface area (Å²) in [7, 11) is 1.47. The number of nitrogens with zero attached hydrogens (tertiary/aromatic N) is 2. The van der Waals surface area contributed by atoms with Crippen molar-refractivity contribution in [2.24, 2.45) is 0 Å². The number of imide groups is 2. The number of barbiturate groups is 1. The van der Waals surface area contributed by atoms with E-state index < -0.39 is 28.7 Å². The molecule has 186 valence electrons. The number of nitro benzene ring substituents is 1. The fourth-order valence-corrected chi connectivity index (χ4v) is 3.76. The highest BCUT2D eigenvalue weighted by atomic mass is 79.9. The molecule has 3 aromatic carbocycles. The predicted octanol–water partition coefficient (Wildman–Crippen LogP) is 4.25. The summed E-state index contributed by atoms with van der Waals surface area (Å²) in [5.74, 6) is -2.10. The van der Waals surface area contributed by atoms with Crippen LogP contribution in [0.3, 0.4) is 0 Å². The van der Waals surface area contributed by atoms with Gasteiger partial charge in [-0.1, -0.05) is 15.9 Å². The number of hydrogen-bond donors (Lipinski definition) is 1. The van der Waals surface area contributed by atoms with Crippen LogP contribution in [0.5, 0.6) is 11.5 Å². The van der Waals surface area contributed by atoms with E-state index in [1.807, 2.05) is 0 Å². The maximum absolute atomic E-state index is 13.2. The molecule has 0 aliphatic carbocycles. The van der Waals surface area contributed by atoms with Gasteiger partial charge in [-0.15, -0.1) is 0 Å². The molecule has 37 heavy (non-hydrogen) atoms. The smallest absolute Gasteiger partial charge is 0.343 e. The van der Waals surface area contributed by atoms with Crippen LogP contribution in [0.4, 0.5) is 16.2 Å². The molecule has 1 fully saturated rings. The lowest BCUT2D eigenvalue weighted by atomic mass is 10.1. The van der Waals surface area contributed by atoms with Gasteiger partial charge in [0.1, 0.15) is 17.1 Å². The Bertz CT molecular complexity index is 1470. The number of nitrogens with one attached hydrogen (secondary N) is 1. The second-order valence-corrected chi connectivity index (χ2v) is 8.45. The minimum Gasteiger partial charge on any atom is -0.497 e. The lowest BCUT2D eigenvalue weighted by Crippen LogP contribution is -2.54. The van der Waals surface area contributed by atoms with Gasteiger partial charge < -0.3 is 9.47 Å². The number of non-ortho nitro benzene ring substituents is 1. The zero-order valence-electron chi connectivity index (χ0n) is 19.0. The van der Waals surface area contributed by atoms with E-state index in [0.717, 1.165) is 17.0 Å². The van der Waals surface area contributed by atoms with Crippen LogP contribution in [0.1, 0.15) is 15.9 Å². The van der Waals surface area contributed by atoms with Crippen molar-refractivity contribution >= 4 is 57.2 Å². The molecule has 3 aromatic rings. The summed E-state index contributed by atoms with van der Waals surface area (Å²) >= 11 is 3.30. The van der Waals surface area contributed by atoms with Crippen molar-refractivity contribution in [2.45, 2.75) is 0 Å². The van der Waals surface area contributed by atoms with E-state index in [2.05, 4.69) is 21.2 Å². The van der Waals surface area contributed by atoms with E-state index in [0.29, 0.717) is 10.2 Å². The number of methoxy groups -OCH3 is 1. The molecule has 0 unspecified atom stereocenters. The zero-order chi connectivity index (χ0) is 26.7. The number of esters is 1. The fourth-order valence-electron chi connectivity index (χ4n) is 3.38. The first-order valence-electron chi connectivity index (χ1n) is 10.5. The summed E-state index contributed by atoms with van der Waals surface area (Å²) in [6.45, 7) is 0. The van der Waals surface area contributed by atoms with Crippen molar-refractivity contribution < 1.29 is 33.6 Å². The number of ether oxygens (including phenoxy) is 2. The summed E-state index contributed by atoms with van der Waals surface area (Å²) < 4.78 is 11.1. The molecule has 1 N–H and O–H groups in total. The molecule has 0 radical (unpaired) electrons. The van der Waals surface area contributed by atoms with E-state index in [1.165, 1.54) is 49.6 Å². The average molecular weight is 566 g/mol. The summed E-state index contributed by atoms with van der Waals surface area (Å²) in [4.78, 5) is 61.9.